The van der Waals surface area contributed by atoms with Gasteiger partial charge in [0.2, 0.25) is 0 Å². The summed E-state index contributed by atoms with van der Waals surface area (Å²) in [7, 11) is 0. The van der Waals surface area contributed by atoms with Crippen LogP contribution >= 0.6 is 27.5 Å². The maximum absolute atomic E-state index is 6.24. The third kappa shape index (κ3) is 2.09. The van der Waals surface area contributed by atoms with Gasteiger partial charge in [-0.3, -0.25) is 4.40 Å². The van der Waals surface area contributed by atoms with E-state index in [2.05, 4.69) is 20.9 Å². The van der Waals surface area contributed by atoms with E-state index in [1.165, 1.54) is 0 Å². The lowest BCUT2D eigenvalue weighted by Gasteiger charge is -2.03. The molecule has 0 fully saturated rings. The maximum atomic E-state index is 6.24. The Hall–Kier alpha value is -1.52. The zero-order chi connectivity index (χ0) is 14.4. The largest absolute Gasteiger partial charge is 0.383 e. The molecule has 0 amide bonds. The summed E-state index contributed by atoms with van der Waals surface area (Å²) in [5.74, 6) is 0.631. The monoisotopic (exact) mass is 349 g/mol. The average molecular weight is 351 g/mol. The van der Waals surface area contributed by atoms with E-state index in [1.807, 2.05) is 48.7 Å². The second kappa shape index (κ2) is 4.79. The molecular formula is C15H13BrClN3. The molecule has 2 heterocycles. The van der Waals surface area contributed by atoms with E-state index in [4.69, 9.17) is 17.3 Å². The van der Waals surface area contributed by atoms with Crippen LogP contribution in [-0.4, -0.2) is 9.38 Å². The van der Waals surface area contributed by atoms with Crippen molar-refractivity contribution < 1.29 is 0 Å². The van der Waals surface area contributed by atoms with Crippen LogP contribution in [0.15, 0.2) is 34.9 Å². The number of aromatic nitrogens is 2. The summed E-state index contributed by atoms with van der Waals surface area (Å²) in [6.45, 7) is 3.99. The zero-order valence-corrected chi connectivity index (χ0v) is 13.5. The van der Waals surface area contributed by atoms with Gasteiger partial charge in [0.1, 0.15) is 17.2 Å². The molecule has 2 N–H and O–H groups in total. The molecule has 3 aromatic rings. The lowest BCUT2D eigenvalue weighted by molar-refractivity contribution is 1.16. The molecule has 3 rings (SSSR count). The van der Waals surface area contributed by atoms with E-state index < -0.39 is 0 Å². The molecule has 1 aromatic carbocycles. The second-order valence-corrected chi connectivity index (χ2v) is 6.17. The minimum atomic E-state index is 0.631. The molecule has 0 spiro atoms. The first-order valence-electron chi connectivity index (χ1n) is 6.17. The number of fused-ring (bicyclic) bond motifs is 1. The molecule has 5 heteroatoms. The number of rotatable bonds is 1. The van der Waals surface area contributed by atoms with Crippen molar-refractivity contribution in [2.45, 2.75) is 13.8 Å². The lowest BCUT2D eigenvalue weighted by Crippen LogP contribution is -1.95. The molecule has 0 radical (unpaired) electrons. The van der Waals surface area contributed by atoms with Crippen LogP contribution in [0.1, 0.15) is 11.1 Å². The van der Waals surface area contributed by atoms with Crippen LogP contribution in [-0.2, 0) is 0 Å². The van der Waals surface area contributed by atoms with Gasteiger partial charge < -0.3 is 5.73 Å². The molecular weight excluding hydrogens is 338 g/mol. The van der Waals surface area contributed by atoms with Crippen LogP contribution in [0, 0.1) is 13.8 Å². The van der Waals surface area contributed by atoms with Gasteiger partial charge >= 0.3 is 0 Å². The molecule has 0 bridgehead atoms. The molecule has 0 atom stereocenters. The number of nitrogens with two attached hydrogens (primary N) is 1. The molecule has 0 saturated carbocycles. The number of pyridine rings is 1. The Bertz CT molecular complexity index is 824. The second-order valence-electron chi connectivity index (χ2n) is 4.84. The zero-order valence-electron chi connectivity index (χ0n) is 11.1. The van der Waals surface area contributed by atoms with Crippen molar-refractivity contribution in [1.82, 2.24) is 9.38 Å². The van der Waals surface area contributed by atoms with Crippen molar-refractivity contribution in [3.63, 3.8) is 0 Å². The molecule has 0 aliphatic rings. The predicted molar refractivity (Wildman–Crippen MR) is 87.2 cm³/mol. The van der Waals surface area contributed by atoms with Crippen LogP contribution in [0.5, 0.6) is 0 Å². The van der Waals surface area contributed by atoms with E-state index in [0.717, 1.165) is 37.5 Å². The van der Waals surface area contributed by atoms with Crippen molar-refractivity contribution in [2.75, 3.05) is 5.73 Å². The normalized spacial score (nSPS) is 11.2. The number of halogens is 2. The van der Waals surface area contributed by atoms with E-state index in [9.17, 15) is 0 Å². The van der Waals surface area contributed by atoms with Crippen LogP contribution in [0.3, 0.4) is 0 Å². The molecule has 2 aromatic heterocycles. The molecule has 0 aliphatic carbocycles. The molecule has 3 nitrogen and oxygen atoms in total. The van der Waals surface area contributed by atoms with E-state index >= 15 is 0 Å². The van der Waals surface area contributed by atoms with Crippen LogP contribution in [0.25, 0.3) is 16.9 Å². The summed E-state index contributed by atoms with van der Waals surface area (Å²) < 4.78 is 2.88. The van der Waals surface area contributed by atoms with Crippen LogP contribution in [0.4, 0.5) is 5.82 Å². The Morgan fingerprint density at radius 3 is 2.65 bits per heavy atom. The van der Waals surface area contributed by atoms with Crippen molar-refractivity contribution >= 4 is 39.0 Å². The maximum Gasteiger partial charge on any atom is 0.142 e. The standard InChI is InChI=1S/C15H13BrClN3/c1-8-5-10(3-4-12(8)17)13-14(18)20-7-11(16)6-9(2)15(20)19-13/h3-7H,18H2,1-2H3. The highest BCUT2D eigenvalue weighted by Gasteiger charge is 2.14. The number of hydrogen-bond donors (Lipinski definition) is 1. The predicted octanol–water partition coefficient (Wildman–Crippen LogP) is 4.62. The fourth-order valence-electron chi connectivity index (χ4n) is 2.29. The van der Waals surface area contributed by atoms with Gasteiger partial charge in [-0.1, -0.05) is 17.7 Å². The number of anilines is 1. The van der Waals surface area contributed by atoms with Gasteiger partial charge in [-0.05, 0) is 59.1 Å². The first-order chi connectivity index (χ1) is 9.47. The highest BCUT2D eigenvalue weighted by atomic mass is 79.9. The van der Waals surface area contributed by atoms with Gasteiger partial charge in [0.25, 0.3) is 0 Å². The van der Waals surface area contributed by atoms with Crippen LogP contribution in [0.2, 0.25) is 5.02 Å². The van der Waals surface area contributed by atoms with Crippen molar-refractivity contribution in [1.29, 1.82) is 0 Å². The number of nitrogen functional groups attached to an aromatic ring is 1. The molecule has 0 aliphatic heterocycles. The quantitative estimate of drug-likeness (QED) is 0.696. The third-order valence-corrected chi connectivity index (χ3v) is 4.20. The highest BCUT2D eigenvalue weighted by Crippen LogP contribution is 2.31. The van der Waals surface area contributed by atoms with E-state index in [0.29, 0.717) is 5.82 Å². The molecule has 0 saturated heterocycles. The van der Waals surface area contributed by atoms with Gasteiger partial charge in [-0.2, -0.15) is 0 Å². The minimum Gasteiger partial charge on any atom is -0.383 e. The lowest BCUT2D eigenvalue weighted by atomic mass is 10.1. The topological polar surface area (TPSA) is 43.3 Å². The van der Waals surface area contributed by atoms with Gasteiger partial charge in [0, 0.05) is 21.3 Å². The summed E-state index contributed by atoms with van der Waals surface area (Å²) in [4.78, 5) is 4.67. The summed E-state index contributed by atoms with van der Waals surface area (Å²) in [5.41, 5.74) is 11.0. The number of imidazole rings is 1. The fourth-order valence-corrected chi connectivity index (χ4v) is 2.96. The summed E-state index contributed by atoms with van der Waals surface area (Å²) in [5, 5.41) is 0.745. The van der Waals surface area contributed by atoms with Crippen molar-refractivity contribution in [3.05, 3.63) is 51.1 Å². The Morgan fingerprint density at radius 1 is 1.20 bits per heavy atom. The molecule has 0 unspecified atom stereocenters. The van der Waals surface area contributed by atoms with Gasteiger partial charge in [0.15, 0.2) is 0 Å². The first kappa shape index (κ1) is 13.5. The number of benzene rings is 1. The SMILES string of the molecule is Cc1cc(-c2nc3c(C)cc(Br)cn3c2N)ccc1Cl. The van der Waals surface area contributed by atoms with Crippen molar-refractivity contribution in [3.8, 4) is 11.3 Å². The summed E-state index contributed by atoms with van der Waals surface area (Å²) in [6, 6.07) is 7.85. The van der Waals surface area contributed by atoms with Crippen LogP contribution < -0.4 is 5.73 Å². The summed E-state index contributed by atoms with van der Waals surface area (Å²) in [6.07, 6.45) is 1.93. The number of aryl methyl sites for hydroxylation is 2. The Morgan fingerprint density at radius 2 is 1.95 bits per heavy atom. The van der Waals surface area contributed by atoms with Gasteiger partial charge in [-0.25, -0.2) is 4.98 Å². The van der Waals surface area contributed by atoms with E-state index in [1.54, 1.807) is 0 Å². The van der Waals surface area contributed by atoms with Crippen molar-refractivity contribution in [2.24, 2.45) is 0 Å². The fraction of sp³-hybridized carbons (Fsp3) is 0.133. The summed E-state index contributed by atoms with van der Waals surface area (Å²) >= 11 is 9.55. The Kier molecular flexibility index (Phi) is 3.22. The smallest absolute Gasteiger partial charge is 0.142 e. The third-order valence-electron chi connectivity index (χ3n) is 3.34. The van der Waals surface area contributed by atoms with Gasteiger partial charge in [-0.15, -0.1) is 0 Å². The number of nitrogens with zero attached hydrogens (tertiary/aromatic N) is 2. The average Bonchev–Trinajstić information content (AvgIpc) is 2.71. The first-order valence-corrected chi connectivity index (χ1v) is 7.34. The molecule has 102 valence electrons. The Balaban J connectivity index is 2.29. The minimum absolute atomic E-state index is 0.631. The molecule has 20 heavy (non-hydrogen) atoms. The highest BCUT2D eigenvalue weighted by molar-refractivity contribution is 9.10. The van der Waals surface area contributed by atoms with Gasteiger partial charge in [0.05, 0.1) is 0 Å². The number of hydrogen-bond acceptors (Lipinski definition) is 2. The Labute approximate surface area is 130 Å². The van der Waals surface area contributed by atoms with E-state index in [-0.39, 0.29) is 0 Å².